The molecule has 0 spiro atoms. The van der Waals surface area contributed by atoms with E-state index in [1.165, 1.54) is 0 Å². The molecule has 1 saturated heterocycles. The van der Waals surface area contributed by atoms with Crippen molar-refractivity contribution < 1.29 is 14.6 Å². The van der Waals surface area contributed by atoms with E-state index >= 15 is 0 Å². The summed E-state index contributed by atoms with van der Waals surface area (Å²) in [4.78, 5) is 13.9. The number of ether oxygens (including phenoxy) is 1. The van der Waals surface area contributed by atoms with Crippen LogP contribution in [0.1, 0.15) is 26.2 Å². The van der Waals surface area contributed by atoms with E-state index < -0.39 is 0 Å². The van der Waals surface area contributed by atoms with Crippen LogP contribution in [0, 0.1) is 0 Å². The lowest BCUT2D eigenvalue weighted by atomic mass is 10.1. The van der Waals surface area contributed by atoms with E-state index in [9.17, 15) is 4.79 Å². The first kappa shape index (κ1) is 14.4. The van der Waals surface area contributed by atoms with Crippen LogP contribution in [0.4, 0.5) is 0 Å². The third-order valence-corrected chi connectivity index (χ3v) is 3.02. The largest absolute Gasteiger partial charge is 0.465 e. The summed E-state index contributed by atoms with van der Waals surface area (Å²) in [5.41, 5.74) is 0. The lowest BCUT2D eigenvalue weighted by Gasteiger charge is -2.34. The van der Waals surface area contributed by atoms with Gasteiger partial charge in [0.15, 0.2) is 0 Å². The smallest absolute Gasteiger partial charge is 0.324 e. The minimum atomic E-state index is -0.141. The molecule has 0 saturated carbocycles. The Hall–Kier alpha value is -0.650. The van der Waals surface area contributed by atoms with Crippen molar-refractivity contribution in [3.63, 3.8) is 0 Å². The molecule has 17 heavy (non-hydrogen) atoms. The van der Waals surface area contributed by atoms with Crippen molar-refractivity contribution in [2.75, 3.05) is 39.4 Å². The van der Waals surface area contributed by atoms with E-state index in [2.05, 4.69) is 10.2 Å². The number of esters is 1. The summed E-state index contributed by atoms with van der Waals surface area (Å²) >= 11 is 0. The predicted molar refractivity (Wildman–Crippen MR) is 65.8 cm³/mol. The van der Waals surface area contributed by atoms with E-state index in [0.29, 0.717) is 13.2 Å². The van der Waals surface area contributed by atoms with Crippen LogP contribution in [-0.2, 0) is 9.53 Å². The van der Waals surface area contributed by atoms with E-state index in [1.54, 1.807) is 0 Å². The fraction of sp³-hybridized carbons (Fsp3) is 0.917. The number of carbonyl (C=O) groups is 1. The van der Waals surface area contributed by atoms with Crippen LogP contribution in [0.3, 0.4) is 0 Å². The molecule has 0 bridgehead atoms. The second kappa shape index (κ2) is 8.44. The first-order valence-electron chi connectivity index (χ1n) is 6.51. The molecule has 1 atom stereocenters. The molecule has 0 radical (unpaired) electrons. The molecule has 1 aliphatic rings. The standard InChI is InChI=1S/C12H24N2O3/c1-2-17-12(16)11-10-13-6-8-14(11)7-4-3-5-9-15/h11,13,15H,2-10H2,1H3. The Morgan fingerprint density at radius 1 is 1.47 bits per heavy atom. The minimum Gasteiger partial charge on any atom is -0.465 e. The van der Waals surface area contributed by atoms with Crippen molar-refractivity contribution in [2.45, 2.75) is 32.2 Å². The maximum absolute atomic E-state index is 11.8. The van der Waals surface area contributed by atoms with Crippen LogP contribution in [0.25, 0.3) is 0 Å². The number of nitrogens with one attached hydrogen (secondary N) is 1. The van der Waals surface area contributed by atoms with E-state index in [-0.39, 0.29) is 18.6 Å². The van der Waals surface area contributed by atoms with Gasteiger partial charge in [-0.1, -0.05) is 0 Å². The van der Waals surface area contributed by atoms with Crippen molar-refractivity contribution in [3.05, 3.63) is 0 Å². The van der Waals surface area contributed by atoms with Crippen LogP contribution >= 0.6 is 0 Å². The Balaban J connectivity index is 2.34. The average Bonchev–Trinajstić information content (AvgIpc) is 2.35. The Morgan fingerprint density at radius 3 is 3.00 bits per heavy atom. The van der Waals surface area contributed by atoms with E-state index in [0.717, 1.165) is 38.9 Å². The van der Waals surface area contributed by atoms with Gasteiger partial charge in [-0.3, -0.25) is 9.69 Å². The number of hydrogen-bond acceptors (Lipinski definition) is 5. The number of aliphatic hydroxyl groups excluding tert-OH is 1. The molecule has 0 aromatic rings. The van der Waals surface area contributed by atoms with Crippen molar-refractivity contribution in [3.8, 4) is 0 Å². The molecule has 1 fully saturated rings. The number of carbonyl (C=O) groups excluding carboxylic acids is 1. The maximum Gasteiger partial charge on any atom is 0.324 e. The molecule has 0 aliphatic carbocycles. The molecular formula is C12H24N2O3. The zero-order valence-corrected chi connectivity index (χ0v) is 10.7. The quantitative estimate of drug-likeness (QED) is 0.487. The summed E-state index contributed by atoms with van der Waals surface area (Å²) < 4.78 is 5.08. The highest BCUT2D eigenvalue weighted by molar-refractivity contribution is 5.76. The highest BCUT2D eigenvalue weighted by Crippen LogP contribution is 2.08. The second-order valence-electron chi connectivity index (χ2n) is 4.29. The molecule has 1 aliphatic heterocycles. The first-order valence-corrected chi connectivity index (χ1v) is 6.51. The number of aliphatic hydroxyl groups is 1. The summed E-state index contributed by atoms with van der Waals surface area (Å²) in [5.74, 6) is -0.123. The highest BCUT2D eigenvalue weighted by Gasteiger charge is 2.28. The fourth-order valence-electron chi connectivity index (χ4n) is 2.09. The molecular weight excluding hydrogens is 220 g/mol. The molecule has 1 heterocycles. The number of unbranched alkanes of at least 4 members (excludes halogenated alkanes) is 2. The van der Waals surface area contributed by atoms with Gasteiger partial charge in [-0.15, -0.1) is 0 Å². The van der Waals surface area contributed by atoms with E-state index in [4.69, 9.17) is 9.84 Å². The Kier molecular flexibility index (Phi) is 7.16. The SMILES string of the molecule is CCOC(=O)C1CNCCN1CCCCCO. The van der Waals surface area contributed by atoms with Crippen molar-refractivity contribution >= 4 is 5.97 Å². The summed E-state index contributed by atoms with van der Waals surface area (Å²) in [6.07, 6.45) is 2.88. The lowest BCUT2D eigenvalue weighted by molar-refractivity contribution is -0.150. The minimum absolute atomic E-state index is 0.123. The molecule has 5 heteroatoms. The molecule has 0 amide bonds. The van der Waals surface area contributed by atoms with Gasteiger partial charge in [-0.05, 0) is 32.7 Å². The maximum atomic E-state index is 11.8. The van der Waals surface area contributed by atoms with Crippen LogP contribution in [0.2, 0.25) is 0 Å². The molecule has 1 rings (SSSR count). The zero-order chi connectivity index (χ0) is 12.5. The van der Waals surface area contributed by atoms with Crippen LogP contribution in [0.5, 0.6) is 0 Å². The lowest BCUT2D eigenvalue weighted by Crippen LogP contribution is -2.55. The topological polar surface area (TPSA) is 61.8 Å². The van der Waals surface area contributed by atoms with Gasteiger partial charge in [0.2, 0.25) is 0 Å². The summed E-state index contributed by atoms with van der Waals surface area (Å²) in [6.45, 7) is 5.93. The molecule has 0 aromatic carbocycles. The van der Waals surface area contributed by atoms with Crippen molar-refractivity contribution in [2.24, 2.45) is 0 Å². The van der Waals surface area contributed by atoms with Gasteiger partial charge in [0.1, 0.15) is 6.04 Å². The van der Waals surface area contributed by atoms with Crippen LogP contribution < -0.4 is 5.32 Å². The summed E-state index contributed by atoms with van der Waals surface area (Å²) in [7, 11) is 0. The molecule has 100 valence electrons. The molecule has 1 unspecified atom stereocenters. The van der Waals surface area contributed by atoms with Gasteiger partial charge in [-0.25, -0.2) is 0 Å². The van der Waals surface area contributed by atoms with E-state index in [1.807, 2.05) is 6.92 Å². The number of nitrogens with zero attached hydrogens (tertiary/aromatic N) is 1. The molecule has 5 nitrogen and oxygen atoms in total. The number of hydrogen-bond donors (Lipinski definition) is 2. The van der Waals surface area contributed by atoms with Crippen molar-refractivity contribution in [1.82, 2.24) is 10.2 Å². The van der Waals surface area contributed by atoms with Gasteiger partial charge in [0.25, 0.3) is 0 Å². The average molecular weight is 244 g/mol. The van der Waals surface area contributed by atoms with Gasteiger partial charge >= 0.3 is 5.97 Å². The monoisotopic (exact) mass is 244 g/mol. The first-order chi connectivity index (χ1) is 8.29. The second-order valence-corrected chi connectivity index (χ2v) is 4.29. The zero-order valence-electron chi connectivity index (χ0n) is 10.7. The highest BCUT2D eigenvalue weighted by atomic mass is 16.5. The predicted octanol–water partition coefficient (Wildman–Crippen LogP) is -0.0141. The number of piperazine rings is 1. The summed E-state index contributed by atoms with van der Waals surface area (Å²) in [5, 5.41) is 11.9. The Morgan fingerprint density at radius 2 is 2.29 bits per heavy atom. The molecule has 0 aromatic heterocycles. The third kappa shape index (κ3) is 5.02. The Bertz CT molecular complexity index is 224. The van der Waals surface area contributed by atoms with Crippen LogP contribution in [0.15, 0.2) is 0 Å². The Labute approximate surface area is 103 Å². The van der Waals surface area contributed by atoms with Gasteiger partial charge in [0, 0.05) is 26.2 Å². The normalized spacial score (nSPS) is 21.4. The fourth-order valence-corrected chi connectivity index (χ4v) is 2.09. The van der Waals surface area contributed by atoms with Gasteiger partial charge < -0.3 is 15.2 Å². The van der Waals surface area contributed by atoms with Crippen LogP contribution in [-0.4, -0.2) is 61.4 Å². The van der Waals surface area contributed by atoms with Gasteiger partial charge in [0.05, 0.1) is 6.61 Å². The molecule has 2 N–H and O–H groups in total. The number of rotatable bonds is 7. The van der Waals surface area contributed by atoms with Crippen molar-refractivity contribution in [1.29, 1.82) is 0 Å². The third-order valence-electron chi connectivity index (χ3n) is 3.02. The summed E-state index contributed by atoms with van der Waals surface area (Å²) in [6, 6.07) is -0.141. The van der Waals surface area contributed by atoms with Gasteiger partial charge in [-0.2, -0.15) is 0 Å².